The lowest BCUT2D eigenvalue weighted by atomic mass is 10.1. The molecule has 0 saturated heterocycles. The molecule has 27 heavy (non-hydrogen) atoms. The van der Waals surface area contributed by atoms with Gasteiger partial charge in [0.2, 0.25) is 0 Å². The Morgan fingerprint density at radius 2 is 1.59 bits per heavy atom. The van der Waals surface area contributed by atoms with E-state index in [4.69, 9.17) is 10.5 Å². The normalized spacial score (nSPS) is 13.7. The van der Waals surface area contributed by atoms with Gasteiger partial charge < -0.3 is 10.5 Å². The maximum Gasteiger partial charge on any atom is 0.185 e. The van der Waals surface area contributed by atoms with Crippen molar-refractivity contribution in [3.63, 3.8) is 0 Å². The summed E-state index contributed by atoms with van der Waals surface area (Å²) in [5.74, 6) is 0.727. The van der Waals surface area contributed by atoms with Crippen molar-refractivity contribution in [2.45, 2.75) is 16.6 Å². The molecule has 0 radical (unpaired) electrons. The Bertz CT molecular complexity index is 1060. The number of hydrogen-bond acceptors (Lipinski definition) is 4. The van der Waals surface area contributed by atoms with E-state index < -0.39 is 15.1 Å². The largest absolute Gasteiger partial charge is 0.492 e. The third-order valence-corrected chi connectivity index (χ3v) is 7.14. The highest BCUT2D eigenvalue weighted by Gasteiger charge is 2.28. The van der Waals surface area contributed by atoms with Crippen molar-refractivity contribution in [2.75, 3.05) is 13.2 Å². The van der Waals surface area contributed by atoms with Crippen LogP contribution in [0.15, 0.2) is 77.7 Å². The topological polar surface area (TPSA) is 69.4 Å². The van der Waals surface area contributed by atoms with E-state index >= 15 is 0 Å². The standard InChI is InChI=1S/C22H21NO3S/c23-14-18(27(24,25)17-8-2-1-3-9-17)15-26-22-12-6-11-20-19-10-5-4-7-16(19)13-21(20)22/h1-12,18H,13-15,23H2. The van der Waals surface area contributed by atoms with Crippen LogP contribution in [0.2, 0.25) is 0 Å². The molecule has 4 rings (SSSR count). The van der Waals surface area contributed by atoms with Crippen LogP contribution in [0.3, 0.4) is 0 Å². The average Bonchev–Trinajstić information content (AvgIpc) is 3.08. The molecule has 1 aliphatic carbocycles. The average molecular weight is 379 g/mol. The van der Waals surface area contributed by atoms with Crippen LogP contribution in [0.25, 0.3) is 11.1 Å². The molecule has 0 heterocycles. The molecule has 2 N–H and O–H groups in total. The molecule has 0 aliphatic heterocycles. The number of benzene rings is 3. The highest BCUT2D eigenvalue weighted by molar-refractivity contribution is 7.92. The first-order chi connectivity index (χ1) is 13.1. The van der Waals surface area contributed by atoms with E-state index in [9.17, 15) is 8.42 Å². The molecule has 1 aliphatic rings. The molecule has 1 atom stereocenters. The quantitative estimate of drug-likeness (QED) is 0.557. The van der Waals surface area contributed by atoms with E-state index in [1.165, 1.54) is 11.1 Å². The molecule has 0 aromatic heterocycles. The van der Waals surface area contributed by atoms with Crippen molar-refractivity contribution in [2.24, 2.45) is 5.73 Å². The van der Waals surface area contributed by atoms with Gasteiger partial charge in [-0.1, -0.05) is 54.6 Å². The van der Waals surface area contributed by atoms with Crippen LogP contribution >= 0.6 is 0 Å². The number of ether oxygens (including phenoxy) is 1. The minimum absolute atomic E-state index is 0.00643. The number of sulfone groups is 1. The summed E-state index contributed by atoms with van der Waals surface area (Å²) in [6.07, 6.45) is 0.792. The Morgan fingerprint density at radius 3 is 2.37 bits per heavy atom. The molecule has 138 valence electrons. The zero-order valence-electron chi connectivity index (χ0n) is 14.8. The summed E-state index contributed by atoms with van der Waals surface area (Å²) in [6, 6.07) is 22.6. The fourth-order valence-electron chi connectivity index (χ4n) is 3.53. The van der Waals surface area contributed by atoms with Crippen molar-refractivity contribution in [3.8, 4) is 16.9 Å². The third kappa shape index (κ3) is 3.24. The zero-order chi connectivity index (χ0) is 18.9. The summed E-state index contributed by atoms with van der Waals surface area (Å²) in [5, 5.41) is -0.792. The fourth-order valence-corrected chi connectivity index (χ4v) is 4.95. The fraction of sp³-hybridized carbons (Fsp3) is 0.182. The molecule has 5 heteroatoms. The van der Waals surface area contributed by atoms with Gasteiger partial charge in [-0.2, -0.15) is 0 Å². The Balaban J connectivity index is 1.58. The molecule has 0 spiro atoms. The summed E-state index contributed by atoms with van der Waals surface area (Å²) in [4.78, 5) is 0.273. The number of nitrogens with two attached hydrogens (primary N) is 1. The lowest BCUT2D eigenvalue weighted by Crippen LogP contribution is -2.35. The molecule has 3 aromatic rings. The highest BCUT2D eigenvalue weighted by Crippen LogP contribution is 2.41. The third-order valence-electron chi connectivity index (χ3n) is 5.01. The van der Waals surface area contributed by atoms with Crippen molar-refractivity contribution in [1.82, 2.24) is 0 Å². The van der Waals surface area contributed by atoms with E-state index in [0.717, 1.165) is 23.3 Å². The highest BCUT2D eigenvalue weighted by atomic mass is 32.2. The van der Waals surface area contributed by atoms with E-state index in [-0.39, 0.29) is 18.0 Å². The van der Waals surface area contributed by atoms with Crippen LogP contribution in [-0.2, 0) is 16.3 Å². The van der Waals surface area contributed by atoms with Gasteiger partial charge in [-0.15, -0.1) is 0 Å². The minimum Gasteiger partial charge on any atom is -0.492 e. The summed E-state index contributed by atoms with van der Waals surface area (Å²) in [5.41, 5.74) is 10.5. The van der Waals surface area contributed by atoms with Crippen molar-refractivity contribution >= 4 is 9.84 Å². The lowest BCUT2D eigenvalue weighted by Gasteiger charge is -2.18. The second-order valence-corrected chi connectivity index (χ2v) is 8.87. The predicted octanol–water partition coefficient (Wildman–Crippen LogP) is 3.44. The van der Waals surface area contributed by atoms with Crippen LogP contribution in [0.1, 0.15) is 11.1 Å². The molecule has 0 bridgehead atoms. The van der Waals surface area contributed by atoms with Crippen molar-refractivity contribution in [3.05, 3.63) is 83.9 Å². The monoisotopic (exact) mass is 379 g/mol. The first-order valence-electron chi connectivity index (χ1n) is 8.93. The second-order valence-electron chi connectivity index (χ2n) is 6.64. The molecular formula is C22H21NO3S. The first-order valence-corrected chi connectivity index (χ1v) is 10.5. The number of fused-ring (bicyclic) bond motifs is 3. The maximum atomic E-state index is 12.8. The first kappa shape index (κ1) is 17.8. The molecule has 0 amide bonds. The van der Waals surface area contributed by atoms with Gasteiger partial charge in [0, 0.05) is 18.5 Å². The minimum atomic E-state index is -3.54. The SMILES string of the molecule is NCC(COc1cccc2c1Cc1ccccc1-2)S(=O)(=O)c1ccccc1. The van der Waals surface area contributed by atoms with Gasteiger partial charge in [-0.3, -0.25) is 0 Å². The maximum absolute atomic E-state index is 12.8. The number of rotatable bonds is 6. The molecule has 4 nitrogen and oxygen atoms in total. The summed E-state index contributed by atoms with van der Waals surface area (Å²) < 4.78 is 31.7. The Morgan fingerprint density at radius 1 is 0.889 bits per heavy atom. The predicted molar refractivity (Wildman–Crippen MR) is 107 cm³/mol. The van der Waals surface area contributed by atoms with E-state index in [1.807, 2.05) is 24.3 Å². The Labute approximate surface area is 159 Å². The molecule has 3 aromatic carbocycles. The van der Waals surface area contributed by atoms with Gasteiger partial charge in [0.15, 0.2) is 9.84 Å². The molecular weight excluding hydrogens is 358 g/mol. The zero-order valence-corrected chi connectivity index (χ0v) is 15.7. The van der Waals surface area contributed by atoms with Crippen LogP contribution in [0, 0.1) is 0 Å². The second kappa shape index (κ2) is 7.18. The summed E-state index contributed by atoms with van der Waals surface area (Å²) in [7, 11) is -3.54. The van der Waals surface area contributed by atoms with Gasteiger partial charge in [0.05, 0.1) is 4.90 Å². The smallest absolute Gasteiger partial charge is 0.185 e. The van der Waals surface area contributed by atoms with Crippen LogP contribution in [-0.4, -0.2) is 26.8 Å². The van der Waals surface area contributed by atoms with E-state index in [0.29, 0.717) is 0 Å². The van der Waals surface area contributed by atoms with Gasteiger partial charge in [-0.25, -0.2) is 8.42 Å². The van der Waals surface area contributed by atoms with Gasteiger partial charge in [0.1, 0.15) is 17.6 Å². The van der Waals surface area contributed by atoms with E-state index in [2.05, 4.69) is 18.2 Å². The molecule has 0 saturated carbocycles. The molecule has 1 unspecified atom stereocenters. The summed E-state index contributed by atoms with van der Waals surface area (Å²) >= 11 is 0. The van der Waals surface area contributed by atoms with Gasteiger partial charge in [0.25, 0.3) is 0 Å². The lowest BCUT2D eigenvalue weighted by molar-refractivity contribution is 0.311. The Hall–Kier alpha value is -2.63. The van der Waals surface area contributed by atoms with E-state index in [1.54, 1.807) is 30.3 Å². The van der Waals surface area contributed by atoms with Gasteiger partial charge >= 0.3 is 0 Å². The summed E-state index contributed by atoms with van der Waals surface area (Å²) in [6.45, 7) is 0.0347. The van der Waals surface area contributed by atoms with Crippen molar-refractivity contribution in [1.29, 1.82) is 0 Å². The van der Waals surface area contributed by atoms with Crippen molar-refractivity contribution < 1.29 is 13.2 Å². The van der Waals surface area contributed by atoms with Crippen LogP contribution < -0.4 is 10.5 Å². The van der Waals surface area contributed by atoms with Crippen LogP contribution in [0.5, 0.6) is 5.75 Å². The Kier molecular flexibility index (Phi) is 4.72. The molecule has 0 fully saturated rings. The van der Waals surface area contributed by atoms with Gasteiger partial charge in [-0.05, 0) is 34.9 Å². The number of hydrogen-bond donors (Lipinski definition) is 1. The van der Waals surface area contributed by atoms with Crippen LogP contribution in [0.4, 0.5) is 0 Å².